The van der Waals surface area contributed by atoms with Crippen molar-refractivity contribution in [2.75, 3.05) is 26.2 Å². The molecule has 0 radical (unpaired) electrons. The number of hydrogen-bond donors (Lipinski definition) is 2. The van der Waals surface area contributed by atoms with Crippen LogP contribution in [0.3, 0.4) is 0 Å². The summed E-state index contributed by atoms with van der Waals surface area (Å²) in [6.07, 6.45) is -0.300. The monoisotopic (exact) mass is 147 g/mol. The highest BCUT2D eigenvalue weighted by atomic mass is 16.3. The van der Waals surface area contributed by atoms with Crippen LogP contribution in [0.1, 0.15) is 13.8 Å². The van der Waals surface area contributed by atoms with Gasteiger partial charge in [0.15, 0.2) is 0 Å². The summed E-state index contributed by atoms with van der Waals surface area (Å²) in [5, 5.41) is 17.5. The topological polar surface area (TPSA) is 43.7 Å². The van der Waals surface area contributed by atoms with Gasteiger partial charge in [0, 0.05) is 13.1 Å². The normalized spacial score (nSPS) is 14.1. The predicted molar refractivity (Wildman–Crippen MR) is 40.9 cm³/mol. The van der Waals surface area contributed by atoms with Crippen molar-refractivity contribution >= 4 is 0 Å². The molecule has 0 fully saturated rings. The molecule has 0 spiro atoms. The standard InChI is InChI=1S/C7H17NO2/c1-3-8(4-5-9)6-7(2)10/h7,9-10H,3-6H2,1-2H3. The third kappa shape index (κ3) is 4.73. The maximum Gasteiger partial charge on any atom is 0.0639 e. The van der Waals surface area contributed by atoms with Gasteiger partial charge in [-0.3, -0.25) is 4.90 Å². The SMILES string of the molecule is CCN(CCO)CC(C)O. The van der Waals surface area contributed by atoms with Crippen LogP contribution in [0.2, 0.25) is 0 Å². The van der Waals surface area contributed by atoms with E-state index in [4.69, 9.17) is 10.2 Å². The maximum absolute atomic E-state index is 8.96. The van der Waals surface area contributed by atoms with E-state index in [0.717, 1.165) is 6.54 Å². The van der Waals surface area contributed by atoms with Gasteiger partial charge in [-0.05, 0) is 13.5 Å². The highest BCUT2D eigenvalue weighted by molar-refractivity contribution is 4.57. The van der Waals surface area contributed by atoms with E-state index in [2.05, 4.69) is 0 Å². The van der Waals surface area contributed by atoms with Crippen molar-refractivity contribution in [3.63, 3.8) is 0 Å². The summed E-state index contributed by atoms with van der Waals surface area (Å²) in [7, 11) is 0. The number of rotatable bonds is 5. The van der Waals surface area contributed by atoms with Crippen molar-refractivity contribution in [1.82, 2.24) is 4.90 Å². The van der Waals surface area contributed by atoms with E-state index in [0.29, 0.717) is 13.1 Å². The summed E-state index contributed by atoms with van der Waals surface area (Å²) < 4.78 is 0. The molecule has 0 heterocycles. The molecule has 0 aromatic rings. The lowest BCUT2D eigenvalue weighted by Gasteiger charge is -2.20. The molecule has 2 N–H and O–H groups in total. The zero-order valence-electron chi connectivity index (χ0n) is 6.75. The molecule has 3 heteroatoms. The summed E-state index contributed by atoms with van der Waals surface area (Å²) in [5.41, 5.74) is 0. The van der Waals surface area contributed by atoms with Crippen molar-refractivity contribution in [2.24, 2.45) is 0 Å². The molecule has 1 atom stereocenters. The molecule has 0 aliphatic carbocycles. The zero-order valence-corrected chi connectivity index (χ0v) is 6.75. The van der Waals surface area contributed by atoms with E-state index in [-0.39, 0.29) is 12.7 Å². The number of hydrogen-bond acceptors (Lipinski definition) is 3. The minimum Gasteiger partial charge on any atom is -0.395 e. The fourth-order valence-corrected chi connectivity index (χ4v) is 0.894. The third-order valence-electron chi connectivity index (χ3n) is 1.39. The second-order valence-electron chi connectivity index (χ2n) is 2.47. The van der Waals surface area contributed by atoms with Crippen molar-refractivity contribution in [1.29, 1.82) is 0 Å². The molecule has 0 bridgehead atoms. The van der Waals surface area contributed by atoms with Gasteiger partial charge in [-0.25, -0.2) is 0 Å². The molecule has 0 rings (SSSR count). The lowest BCUT2D eigenvalue weighted by Crippen LogP contribution is -2.33. The zero-order chi connectivity index (χ0) is 7.98. The van der Waals surface area contributed by atoms with Crippen LogP contribution in [0.15, 0.2) is 0 Å². The first-order chi connectivity index (χ1) is 4.70. The van der Waals surface area contributed by atoms with Gasteiger partial charge in [-0.1, -0.05) is 6.92 Å². The van der Waals surface area contributed by atoms with Crippen LogP contribution in [0.4, 0.5) is 0 Å². The van der Waals surface area contributed by atoms with Crippen LogP contribution in [0.25, 0.3) is 0 Å². The van der Waals surface area contributed by atoms with Crippen LogP contribution in [-0.2, 0) is 0 Å². The maximum atomic E-state index is 8.96. The molecule has 0 aliphatic heterocycles. The Bertz CT molecular complexity index is 76.0. The number of aliphatic hydroxyl groups is 2. The average Bonchev–Trinajstić information content (AvgIpc) is 1.86. The molecular weight excluding hydrogens is 130 g/mol. The van der Waals surface area contributed by atoms with Gasteiger partial charge in [0.1, 0.15) is 0 Å². The lowest BCUT2D eigenvalue weighted by molar-refractivity contribution is 0.115. The molecule has 0 aliphatic rings. The third-order valence-corrected chi connectivity index (χ3v) is 1.39. The minimum atomic E-state index is -0.300. The van der Waals surface area contributed by atoms with Crippen molar-refractivity contribution in [3.05, 3.63) is 0 Å². The molecule has 3 nitrogen and oxygen atoms in total. The number of likely N-dealkylation sites (N-methyl/N-ethyl adjacent to an activating group) is 1. The van der Waals surface area contributed by atoms with E-state index >= 15 is 0 Å². The second kappa shape index (κ2) is 5.65. The van der Waals surface area contributed by atoms with Crippen LogP contribution in [-0.4, -0.2) is 47.5 Å². The highest BCUT2D eigenvalue weighted by Gasteiger charge is 2.03. The van der Waals surface area contributed by atoms with Gasteiger partial charge >= 0.3 is 0 Å². The fraction of sp³-hybridized carbons (Fsp3) is 1.00. The Morgan fingerprint density at radius 1 is 1.50 bits per heavy atom. The van der Waals surface area contributed by atoms with Gasteiger partial charge in [0.05, 0.1) is 12.7 Å². The number of aliphatic hydroxyl groups excluding tert-OH is 2. The summed E-state index contributed by atoms with van der Waals surface area (Å²) in [5.74, 6) is 0. The largest absolute Gasteiger partial charge is 0.395 e. The van der Waals surface area contributed by atoms with Crippen molar-refractivity contribution in [2.45, 2.75) is 20.0 Å². The van der Waals surface area contributed by atoms with Crippen molar-refractivity contribution < 1.29 is 10.2 Å². The van der Waals surface area contributed by atoms with Crippen molar-refractivity contribution in [3.8, 4) is 0 Å². The molecule has 10 heavy (non-hydrogen) atoms. The molecule has 1 unspecified atom stereocenters. The fourth-order valence-electron chi connectivity index (χ4n) is 0.894. The van der Waals surface area contributed by atoms with E-state index in [9.17, 15) is 0 Å². The lowest BCUT2D eigenvalue weighted by atomic mass is 10.3. The molecule has 0 saturated carbocycles. The highest BCUT2D eigenvalue weighted by Crippen LogP contribution is 1.89. The van der Waals surface area contributed by atoms with Gasteiger partial charge in [0.25, 0.3) is 0 Å². The van der Waals surface area contributed by atoms with Crippen LogP contribution >= 0.6 is 0 Å². The summed E-state index contributed by atoms with van der Waals surface area (Å²) in [4.78, 5) is 2.00. The van der Waals surface area contributed by atoms with E-state index in [1.54, 1.807) is 6.92 Å². The smallest absolute Gasteiger partial charge is 0.0639 e. The first kappa shape index (κ1) is 9.88. The first-order valence-corrected chi connectivity index (χ1v) is 3.72. The van der Waals surface area contributed by atoms with Gasteiger partial charge in [-0.2, -0.15) is 0 Å². The predicted octanol–water partition coefficient (Wildman–Crippen LogP) is -0.319. The molecule has 62 valence electrons. The Kier molecular flexibility index (Phi) is 5.58. The molecular formula is C7H17NO2. The Balaban J connectivity index is 3.39. The Morgan fingerprint density at radius 3 is 2.40 bits per heavy atom. The summed E-state index contributed by atoms with van der Waals surface area (Å²) in [6, 6.07) is 0. The quantitative estimate of drug-likeness (QED) is 0.560. The molecule has 0 aromatic carbocycles. The Labute approximate surface area is 62.3 Å². The average molecular weight is 147 g/mol. The summed E-state index contributed by atoms with van der Waals surface area (Å²) >= 11 is 0. The van der Waals surface area contributed by atoms with E-state index in [1.165, 1.54) is 0 Å². The number of nitrogens with zero attached hydrogens (tertiary/aromatic N) is 1. The molecule has 0 amide bonds. The Morgan fingerprint density at radius 2 is 2.10 bits per heavy atom. The van der Waals surface area contributed by atoms with Gasteiger partial charge < -0.3 is 10.2 Å². The second-order valence-corrected chi connectivity index (χ2v) is 2.47. The van der Waals surface area contributed by atoms with Crippen LogP contribution < -0.4 is 0 Å². The molecule has 0 aromatic heterocycles. The van der Waals surface area contributed by atoms with Crippen LogP contribution in [0.5, 0.6) is 0 Å². The van der Waals surface area contributed by atoms with Crippen LogP contribution in [0, 0.1) is 0 Å². The van der Waals surface area contributed by atoms with E-state index < -0.39 is 0 Å². The van der Waals surface area contributed by atoms with Gasteiger partial charge in [0.2, 0.25) is 0 Å². The Hall–Kier alpha value is -0.120. The summed E-state index contributed by atoms with van der Waals surface area (Å²) in [6.45, 7) is 6.11. The molecule has 0 saturated heterocycles. The van der Waals surface area contributed by atoms with E-state index in [1.807, 2.05) is 11.8 Å². The minimum absolute atomic E-state index is 0.167. The first-order valence-electron chi connectivity index (χ1n) is 3.72. The van der Waals surface area contributed by atoms with Gasteiger partial charge in [-0.15, -0.1) is 0 Å².